The number of ether oxygens (including phenoxy) is 2. The third-order valence-corrected chi connectivity index (χ3v) is 8.20. The molecular weight excluding hydrogens is 460 g/mol. The zero-order chi connectivity index (χ0) is 25.1. The normalized spacial score (nSPS) is 23.1. The van der Waals surface area contributed by atoms with Crippen molar-refractivity contribution in [2.24, 2.45) is 11.8 Å². The molecule has 0 aromatic heterocycles. The van der Waals surface area contributed by atoms with Gasteiger partial charge in [0.15, 0.2) is 11.5 Å². The standard InChI is InChI=1S/C28H34N2O4S/c1-6-34-23-12-10-19(14-24(23)33-5)15-26-28(32)30(4)22-16-20(11-13-25(22)35-26)27(31)29-21-9-7-8-17(2)18(21)3/h10-18,21H,6-9H2,1-5H3,(H,29,31)/b26-15+/t17-,18+,21-/m1/s1. The molecule has 0 bridgehead atoms. The Morgan fingerprint density at radius 2 is 1.97 bits per heavy atom. The number of nitrogens with zero attached hydrogens (tertiary/aromatic N) is 1. The molecule has 4 rings (SSSR count). The van der Waals surface area contributed by atoms with Crippen molar-refractivity contribution in [2.45, 2.75) is 51.0 Å². The summed E-state index contributed by atoms with van der Waals surface area (Å²) in [7, 11) is 3.35. The average Bonchev–Trinajstić information content (AvgIpc) is 2.86. The molecule has 1 fully saturated rings. The number of carbonyl (C=O) groups excluding carboxylic acids is 2. The van der Waals surface area contributed by atoms with Gasteiger partial charge in [0.1, 0.15) is 0 Å². The fraction of sp³-hybridized carbons (Fsp3) is 0.429. The largest absolute Gasteiger partial charge is 0.493 e. The minimum atomic E-state index is -0.109. The Balaban J connectivity index is 1.54. The highest BCUT2D eigenvalue weighted by atomic mass is 32.2. The predicted molar refractivity (Wildman–Crippen MR) is 141 cm³/mol. The Morgan fingerprint density at radius 1 is 1.17 bits per heavy atom. The number of hydrogen-bond acceptors (Lipinski definition) is 5. The number of rotatable bonds is 6. The first-order valence-corrected chi connectivity index (χ1v) is 13.1. The third-order valence-electron chi connectivity index (χ3n) is 7.13. The highest BCUT2D eigenvalue weighted by molar-refractivity contribution is 8.04. The first-order valence-electron chi connectivity index (χ1n) is 12.3. The Kier molecular flexibility index (Phi) is 7.75. The second kappa shape index (κ2) is 10.8. The van der Waals surface area contributed by atoms with Crippen molar-refractivity contribution >= 4 is 35.3 Å². The van der Waals surface area contributed by atoms with Crippen molar-refractivity contribution < 1.29 is 19.1 Å². The van der Waals surface area contributed by atoms with Crippen molar-refractivity contribution in [3.8, 4) is 11.5 Å². The summed E-state index contributed by atoms with van der Waals surface area (Å²) in [5.41, 5.74) is 2.18. The van der Waals surface area contributed by atoms with Crippen LogP contribution in [0.2, 0.25) is 0 Å². The van der Waals surface area contributed by atoms with E-state index in [0.29, 0.717) is 40.4 Å². The number of hydrogen-bond donors (Lipinski definition) is 1. The number of benzene rings is 2. The smallest absolute Gasteiger partial charge is 0.264 e. The van der Waals surface area contributed by atoms with E-state index in [1.54, 1.807) is 19.1 Å². The van der Waals surface area contributed by atoms with Crippen LogP contribution in [-0.2, 0) is 4.79 Å². The second-order valence-electron chi connectivity index (χ2n) is 9.35. The van der Waals surface area contributed by atoms with Gasteiger partial charge in [0.2, 0.25) is 0 Å². The summed E-state index contributed by atoms with van der Waals surface area (Å²) < 4.78 is 11.0. The molecule has 2 aliphatic rings. The lowest BCUT2D eigenvalue weighted by Crippen LogP contribution is -2.43. The van der Waals surface area contributed by atoms with Gasteiger partial charge >= 0.3 is 0 Å². The van der Waals surface area contributed by atoms with E-state index in [2.05, 4.69) is 19.2 Å². The van der Waals surface area contributed by atoms with E-state index in [0.717, 1.165) is 29.0 Å². The minimum absolute atomic E-state index is 0.0765. The molecule has 1 aliphatic carbocycles. The third kappa shape index (κ3) is 5.35. The summed E-state index contributed by atoms with van der Waals surface area (Å²) in [5.74, 6) is 2.18. The zero-order valence-corrected chi connectivity index (χ0v) is 21.9. The van der Waals surface area contributed by atoms with Gasteiger partial charge in [-0.25, -0.2) is 0 Å². The van der Waals surface area contributed by atoms with Crippen LogP contribution in [0.15, 0.2) is 46.2 Å². The molecule has 1 aliphatic heterocycles. The van der Waals surface area contributed by atoms with Gasteiger partial charge in [-0.2, -0.15) is 0 Å². The molecule has 1 N–H and O–H groups in total. The van der Waals surface area contributed by atoms with Gasteiger partial charge in [0.05, 0.1) is 24.3 Å². The molecule has 1 saturated carbocycles. The molecule has 1 heterocycles. The van der Waals surface area contributed by atoms with Crippen molar-refractivity contribution in [3.63, 3.8) is 0 Å². The van der Waals surface area contributed by atoms with Crippen LogP contribution in [0.4, 0.5) is 5.69 Å². The monoisotopic (exact) mass is 494 g/mol. The van der Waals surface area contributed by atoms with Crippen LogP contribution in [0.5, 0.6) is 11.5 Å². The highest BCUT2D eigenvalue weighted by Gasteiger charge is 2.30. The van der Waals surface area contributed by atoms with Crippen LogP contribution in [-0.4, -0.2) is 38.6 Å². The maximum Gasteiger partial charge on any atom is 0.264 e. The van der Waals surface area contributed by atoms with E-state index in [1.165, 1.54) is 18.2 Å². The van der Waals surface area contributed by atoms with Crippen LogP contribution < -0.4 is 19.7 Å². The Bertz CT molecular complexity index is 1150. The van der Waals surface area contributed by atoms with Crippen LogP contribution in [0.1, 0.15) is 56.0 Å². The Morgan fingerprint density at radius 3 is 2.71 bits per heavy atom. The Hall–Kier alpha value is -2.93. The summed E-state index contributed by atoms with van der Waals surface area (Å²) in [4.78, 5) is 29.4. The van der Waals surface area contributed by atoms with Gasteiger partial charge in [0, 0.05) is 23.5 Å². The van der Waals surface area contributed by atoms with Gasteiger partial charge in [-0.15, -0.1) is 0 Å². The van der Waals surface area contributed by atoms with Gasteiger partial charge in [-0.05, 0) is 67.2 Å². The number of nitrogens with one attached hydrogen (secondary N) is 1. The fourth-order valence-corrected chi connectivity index (χ4v) is 5.87. The molecule has 0 saturated heterocycles. The van der Waals surface area contributed by atoms with Crippen molar-refractivity contribution in [1.82, 2.24) is 5.32 Å². The number of fused-ring (bicyclic) bond motifs is 1. The molecule has 3 atom stereocenters. The van der Waals surface area contributed by atoms with Crippen molar-refractivity contribution in [2.75, 3.05) is 25.7 Å². The van der Waals surface area contributed by atoms with Crippen LogP contribution in [0, 0.1) is 11.8 Å². The van der Waals surface area contributed by atoms with E-state index >= 15 is 0 Å². The lowest BCUT2D eigenvalue weighted by molar-refractivity contribution is -0.114. The number of amides is 2. The molecule has 0 unspecified atom stereocenters. The fourth-order valence-electron chi connectivity index (χ4n) is 4.77. The Labute approximate surface area is 212 Å². The number of carbonyl (C=O) groups is 2. The molecule has 35 heavy (non-hydrogen) atoms. The summed E-state index contributed by atoms with van der Waals surface area (Å²) in [6, 6.07) is 11.4. The van der Waals surface area contributed by atoms with Gasteiger partial charge in [0.25, 0.3) is 11.8 Å². The first kappa shape index (κ1) is 25.2. The zero-order valence-electron chi connectivity index (χ0n) is 21.1. The van der Waals surface area contributed by atoms with Crippen LogP contribution >= 0.6 is 11.8 Å². The molecular formula is C28H34N2O4S. The molecule has 0 radical (unpaired) electrons. The molecule has 2 aromatic carbocycles. The summed E-state index contributed by atoms with van der Waals surface area (Å²) in [6.45, 7) is 6.95. The molecule has 0 spiro atoms. The van der Waals surface area contributed by atoms with E-state index in [4.69, 9.17) is 9.47 Å². The van der Waals surface area contributed by atoms with Gasteiger partial charge in [-0.1, -0.05) is 44.5 Å². The lowest BCUT2D eigenvalue weighted by Gasteiger charge is -2.34. The molecule has 2 amide bonds. The average molecular weight is 495 g/mol. The predicted octanol–water partition coefficient (Wildman–Crippen LogP) is 5.76. The van der Waals surface area contributed by atoms with Crippen LogP contribution in [0.3, 0.4) is 0 Å². The second-order valence-corrected chi connectivity index (χ2v) is 10.4. The number of likely N-dealkylation sites (N-methyl/N-ethyl adjacent to an activating group) is 1. The lowest BCUT2D eigenvalue weighted by atomic mass is 9.78. The molecule has 2 aromatic rings. The molecule has 6 nitrogen and oxygen atoms in total. The molecule has 7 heteroatoms. The van der Waals surface area contributed by atoms with Gasteiger partial charge < -0.3 is 19.7 Å². The maximum absolute atomic E-state index is 13.2. The number of thioether (sulfide) groups is 1. The SMILES string of the molecule is CCOc1ccc(/C=C2/Sc3ccc(C(=O)N[C@@H]4CCC[C@@H](C)[C@@H]4C)cc3N(C)C2=O)cc1OC. The quantitative estimate of drug-likeness (QED) is 0.517. The topological polar surface area (TPSA) is 67.9 Å². The molecule has 186 valence electrons. The van der Waals surface area contributed by atoms with Gasteiger partial charge in [-0.3, -0.25) is 9.59 Å². The number of anilines is 1. The van der Waals surface area contributed by atoms with E-state index in [1.807, 2.05) is 49.4 Å². The van der Waals surface area contributed by atoms with E-state index < -0.39 is 0 Å². The minimum Gasteiger partial charge on any atom is -0.493 e. The highest BCUT2D eigenvalue weighted by Crippen LogP contribution is 2.42. The maximum atomic E-state index is 13.2. The van der Waals surface area contributed by atoms with Crippen molar-refractivity contribution in [1.29, 1.82) is 0 Å². The van der Waals surface area contributed by atoms with E-state index in [9.17, 15) is 9.59 Å². The number of methoxy groups -OCH3 is 1. The summed E-state index contributed by atoms with van der Waals surface area (Å²) in [6.07, 6.45) is 5.23. The van der Waals surface area contributed by atoms with E-state index in [-0.39, 0.29) is 17.9 Å². The van der Waals surface area contributed by atoms with Crippen LogP contribution in [0.25, 0.3) is 6.08 Å². The summed E-state index contributed by atoms with van der Waals surface area (Å²) >= 11 is 1.41. The summed E-state index contributed by atoms with van der Waals surface area (Å²) in [5, 5.41) is 3.23. The van der Waals surface area contributed by atoms with Crippen molar-refractivity contribution in [3.05, 3.63) is 52.4 Å². The first-order chi connectivity index (χ1) is 16.8.